The summed E-state index contributed by atoms with van der Waals surface area (Å²) in [7, 11) is -0.849. The van der Waals surface area contributed by atoms with Gasteiger partial charge in [-0.2, -0.15) is 0 Å². The molecule has 0 aliphatic carbocycles. The van der Waals surface area contributed by atoms with E-state index in [1.165, 1.54) is 5.30 Å². The largest absolute Gasteiger partial charge is 0.274 e. The zero-order valence-corrected chi connectivity index (χ0v) is 17.6. The molecule has 0 spiro atoms. The standard InChI is InChI=1S/C26H19N2O2P/c29-24-21-14-6-7-15-22(21)25(30)28-26(23-16-8-10-18-9-4-5-13-20(18)23)31(17-27(24)28)19-11-2-1-3-12-19/h1-16,26H,17H2. The SMILES string of the molecule is O=c1c2ccccc2c(=O)n2n1CP(c1ccccc1)C2c1cccc2ccccc12. The van der Waals surface area contributed by atoms with Gasteiger partial charge in [0.15, 0.2) is 0 Å². The van der Waals surface area contributed by atoms with Gasteiger partial charge in [-0.25, -0.2) is 9.36 Å². The molecule has 0 saturated heterocycles. The second-order valence-electron chi connectivity index (χ2n) is 7.79. The zero-order valence-electron chi connectivity index (χ0n) is 16.7. The average Bonchev–Trinajstić information content (AvgIpc) is 3.24. The molecule has 5 aromatic rings. The Morgan fingerprint density at radius 2 is 1.26 bits per heavy atom. The van der Waals surface area contributed by atoms with Crippen LogP contribution in [0.5, 0.6) is 0 Å². The van der Waals surface area contributed by atoms with Crippen molar-refractivity contribution in [3.63, 3.8) is 0 Å². The number of fused-ring (bicyclic) bond motifs is 3. The number of benzene rings is 4. The van der Waals surface area contributed by atoms with Crippen molar-refractivity contribution in [3.05, 3.63) is 123 Å². The van der Waals surface area contributed by atoms with Crippen LogP contribution in [0.25, 0.3) is 21.5 Å². The Balaban J connectivity index is 1.72. The molecule has 0 saturated carbocycles. The molecule has 0 amide bonds. The molecule has 5 heteroatoms. The lowest BCUT2D eigenvalue weighted by Gasteiger charge is -2.23. The van der Waals surface area contributed by atoms with E-state index in [0.717, 1.165) is 16.3 Å². The highest BCUT2D eigenvalue weighted by Crippen LogP contribution is 2.56. The molecule has 0 fully saturated rings. The Hall–Kier alpha value is -3.49. The van der Waals surface area contributed by atoms with Crippen LogP contribution in [-0.4, -0.2) is 9.36 Å². The molecule has 31 heavy (non-hydrogen) atoms. The van der Waals surface area contributed by atoms with Crippen LogP contribution in [-0.2, 0) is 6.29 Å². The first-order valence-electron chi connectivity index (χ1n) is 10.3. The Morgan fingerprint density at radius 3 is 2.03 bits per heavy atom. The number of hydrogen-bond acceptors (Lipinski definition) is 2. The molecule has 150 valence electrons. The van der Waals surface area contributed by atoms with E-state index >= 15 is 0 Å². The van der Waals surface area contributed by atoms with E-state index in [1.54, 1.807) is 21.5 Å². The van der Waals surface area contributed by atoms with Crippen LogP contribution >= 0.6 is 7.92 Å². The van der Waals surface area contributed by atoms with E-state index in [0.29, 0.717) is 17.1 Å². The summed E-state index contributed by atoms with van der Waals surface area (Å²) >= 11 is 0. The van der Waals surface area contributed by atoms with Crippen LogP contribution in [0.1, 0.15) is 11.3 Å². The maximum atomic E-state index is 13.7. The Morgan fingerprint density at radius 1 is 0.645 bits per heavy atom. The zero-order chi connectivity index (χ0) is 20.9. The fourth-order valence-electron chi connectivity index (χ4n) is 4.67. The van der Waals surface area contributed by atoms with Crippen LogP contribution in [0.4, 0.5) is 0 Å². The smallest absolute Gasteiger partial charge is 0.267 e. The van der Waals surface area contributed by atoms with Crippen molar-refractivity contribution in [2.24, 2.45) is 0 Å². The van der Waals surface area contributed by atoms with Gasteiger partial charge in [-0.15, -0.1) is 0 Å². The molecule has 6 rings (SSSR count). The van der Waals surface area contributed by atoms with E-state index in [4.69, 9.17) is 0 Å². The molecule has 1 aliphatic heterocycles. The van der Waals surface area contributed by atoms with E-state index in [-0.39, 0.29) is 16.9 Å². The fraction of sp³-hybridized carbons (Fsp3) is 0.0769. The predicted molar refractivity (Wildman–Crippen MR) is 128 cm³/mol. The van der Waals surface area contributed by atoms with Crippen molar-refractivity contribution >= 4 is 34.8 Å². The Kier molecular flexibility index (Phi) is 4.15. The third-order valence-corrected chi connectivity index (χ3v) is 8.71. The van der Waals surface area contributed by atoms with E-state index in [2.05, 4.69) is 36.4 Å². The van der Waals surface area contributed by atoms with Crippen LogP contribution in [0.3, 0.4) is 0 Å². The van der Waals surface area contributed by atoms with E-state index in [1.807, 2.05) is 48.5 Å². The molecule has 0 radical (unpaired) electrons. The summed E-state index contributed by atoms with van der Waals surface area (Å²) in [5.41, 5.74) is 0.895. The first-order valence-corrected chi connectivity index (χ1v) is 11.9. The van der Waals surface area contributed by atoms with Gasteiger partial charge in [0.2, 0.25) is 0 Å². The Bertz CT molecular complexity index is 1560. The van der Waals surface area contributed by atoms with Gasteiger partial charge in [-0.05, 0) is 41.7 Å². The van der Waals surface area contributed by atoms with E-state index in [9.17, 15) is 9.59 Å². The van der Waals surface area contributed by atoms with Crippen LogP contribution in [0, 0.1) is 0 Å². The number of nitrogens with zero attached hydrogens (tertiary/aromatic N) is 2. The van der Waals surface area contributed by atoms with Crippen molar-refractivity contribution in [1.29, 1.82) is 0 Å². The molecular weight excluding hydrogens is 403 g/mol. The number of aromatic nitrogens is 2. The second kappa shape index (κ2) is 7.04. The third-order valence-electron chi connectivity index (χ3n) is 6.09. The highest BCUT2D eigenvalue weighted by atomic mass is 31.1. The summed E-state index contributed by atoms with van der Waals surface area (Å²) in [5, 5.41) is 4.43. The first kappa shape index (κ1) is 18.3. The summed E-state index contributed by atoms with van der Waals surface area (Å²) in [6, 6.07) is 31.9. The maximum Gasteiger partial charge on any atom is 0.274 e. The van der Waals surface area contributed by atoms with Crippen molar-refractivity contribution in [2.45, 2.75) is 12.1 Å². The molecule has 0 bridgehead atoms. The van der Waals surface area contributed by atoms with Crippen LogP contribution in [0.2, 0.25) is 0 Å². The molecule has 0 N–H and O–H groups in total. The summed E-state index contributed by atoms with van der Waals surface area (Å²) in [6.45, 7) is 0. The molecule has 1 aromatic heterocycles. The van der Waals surface area contributed by atoms with Crippen molar-refractivity contribution in [1.82, 2.24) is 9.36 Å². The quantitative estimate of drug-likeness (QED) is 0.389. The second-order valence-corrected chi connectivity index (χ2v) is 10.0. The van der Waals surface area contributed by atoms with Gasteiger partial charge in [0, 0.05) is 0 Å². The number of hydrogen-bond donors (Lipinski definition) is 0. The summed E-state index contributed by atoms with van der Waals surface area (Å²) < 4.78 is 3.40. The topological polar surface area (TPSA) is 44.0 Å². The Labute approximate surface area is 179 Å². The van der Waals surface area contributed by atoms with Gasteiger partial charge in [-0.3, -0.25) is 9.59 Å². The predicted octanol–water partition coefficient (Wildman–Crippen LogP) is 4.64. The van der Waals surface area contributed by atoms with Gasteiger partial charge >= 0.3 is 0 Å². The summed E-state index contributed by atoms with van der Waals surface area (Å²) in [5.74, 6) is -0.201. The normalized spacial score (nSPS) is 17.8. The fourth-order valence-corrected chi connectivity index (χ4v) is 7.44. The highest BCUT2D eigenvalue weighted by molar-refractivity contribution is 7.65. The van der Waals surface area contributed by atoms with Crippen LogP contribution < -0.4 is 16.4 Å². The third kappa shape index (κ3) is 2.72. The van der Waals surface area contributed by atoms with Crippen molar-refractivity contribution < 1.29 is 0 Å². The molecule has 2 atom stereocenters. The van der Waals surface area contributed by atoms with Crippen molar-refractivity contribution in [3.8, 4) is 0 Å². The monoisotopic (exact) mass is 422 g/mol. The summed E-state index contributed by atoms with van der Waals surface area (Å²) in [4.78, 5) is 27.1. The minimum atomic E-state index is -0.849. The highest BCUT2D eigenvalue weighted by Gasteiger charge is 2.37. The van der Waals surface area contributed by atoms with Crippen LogP contribution in [0.15, 0.2) is 107 Å². The average molecular weight is 422 g/mol. The van der Waals surface area contributed by atoms with Gasteiger partial charge in [-0.1, -0.05) is 84.9 Å². The minimum Gasteiger partial charge on any atom is -0.267 e. The molecule has 1 aliphatic rings. The molecule has 2 unspecified atom stereocenters. The van der Waals surface area contributed by atoms with Gasteiger partial charge in [0.05, 0.1) is 17.1 Å². The van der Waals surface area contributed by atoms with Gasteiger partial charge < -0.3 is 0 Å². The number of rotatable bonds is 2. The van der Waals surface area contributed by atoms with Gasteiger partial charge in [0.25, 0.3) is 11.1 Å². The first-order chi connectivity index (χ1) is 15.2. The molecule has 4 aromatic carbocycles. The molecule has 2 heterocycles. The summed E-state index contributed by atoms with van der Waals surface area (Å²) in [6.07, 6.45) is 0.534. The lowest BCUT2D eigenvalue weighted by molar-refractivity contribution is 0.523. The molecule has 4 nitrogen and oxygen atoms in total. The lowest BCUT2D eigenvalue weighted by Crippen LogP contribution is -2.36. The maximum absolute atomic E-state index is 13.7. The van der Waals surface area contributed by atoms with Gasteiger partial charge in [0.1, 0.15) is 5.78 Å². The lowest BCUT2D eigenvalue weighted by atomic mass is 10.0. The van der Waals surface area contributed by atoms with Crippen molar-refractivity contribution in [2.75, 3.05) is 0 Å². The van der Waals surface area contributed by atoms with E-state index < -0.39 is 7.92 Å². The molecular formula is C26H19N2O2P. The minimum absolute atomic E-state index is 0.0960.